The predicted molar refractivity (Wildman–Crippen MR) is 79.6 cm³/mol. The summed E-state index contributed by atoms with van der Waals surface area (Å²) in [7, 11) is 0. The number of nitro benzene ring substituents is 1. The maximum Gasteiger partial charge on any atom is 0.322 e. The molecule has 21 heavy (non-hydrogen) atoms. The molecule has 1 aromatic rings. The standard InChI is InChI=1S/C15H19N3O3/c19-15(16-12-4-2-1-3-5-12)17-9-8-11-6-7-13(18(20)21)10-14(11)17/h6-7,10,12H,1-5,8-9H2,(H,16,19). The summed E-state index contributed by atoms with van der Waals surface area (Å²) in [6.07, 6.45) is 6.37. The summed E-state index contributed by atoms with van der Waals surface area (Å²) in [6, 6.07) is 4.88. The Morgan fingerprint density at radius 1 is 1.29 bits per heavy atom. The third-order valence-corrected chi connectivity index (χ3v) is 4.35. The number of hydrogen-bond donors (Lipinski definition) is 1. The molecule has 2 aliphatic rings. The highest BCUT2D eigenvalue weighted by Gasteiger charge is 2.28. The molecular weight excluding hydrogens is 270 g/mol. The average Bonchev–Trinajstić information content (AvgIpc) is 2.91. The summed E-state index contributed by atoms with van der Waals surface area (Å²) in [4.78, 5) is 24.5. The molecule has 0 radical (unpaired) electrons. The van der Waals surface area contributed by atoms with Crippen molar-refractivity contribution in [3.8, 4) is 0 Å². The number of fused-ring (bicyclic) bond motifs is 1. The normalized spacial score (nSPS) is 18.4. The van der Waals surface area contributed by atoms with Gasteiger partial charge in [0.05, 0.1) is 10.6 Å². The van der Waals surface area contributed by atoms with Crippen LogP contribution in [0.1, 0.15) is 37.7 Å². The molecule has 0 aromatic heterocycles. The highest BCUT2D eigenvalue weighted by atomic mass is 16.6. The van der Waals surface area contributed by atoms with E-state index in [-0.39, 0.29) is 17.8 Å². The van der Waals surface area contributed by atoms with Gasteiger partial charge in [0.15, 0.2) is 0 Å². The van der Waals surface area contributed by atoms with E-state index in [0.717, 1.165) is 37.7 Å². The zero-order chi connectivity index (χ0) is 14.8. The van der Waals surface area contributed by atoms with Gasteiger partial charge in [-0.2, -0.15) is 0 Å². The SMILES string of the molecule is O=C(NC1CCCCC1)N1CCc2ccc([N+](=O)[O-])cc21. The molecule has 1 aromatic carbocycles. The van der Waals surface area contributed by atoms with Crippen molar-refractivity contribution in [1.29, 1.82) is 0 Å². The van der Waals surface area contributed by atoms with Gasteiger partial charge in [0, 0.05) is 24.7 Å². The number of benzene rings is 1. The van der Waals surface area contributed by atoms with Crippen LogP contribution in [0.4, 0.5) is 16.2 Å². The van der Waals surface area contributed by atoms with Crippen molar-refractivity contribution in [2.45, 2.75) is 44.6 Å². The second-order valence-electron chi connectivity index (χ2n) is 5.76. The van der Waals surface area contributed by atoms with Crippen LogP contribution in [0, 0.1) is 10.1 Å². The van der Waals surface area contributed by atoms with E-state index in [9.17, 15) is 14.9 Å². The lowest BCUT2D eigenvalue weighted by Crippen LogP contribution is -2.45. The molecule has 6 heteroatoms. The quantitative estimate of drug-likeness (QED) is 0.671. The van der Waals surface area contributed by atoms with Crippen LogP contribution in [0.2, 0.25) is 0 Å². The van der Waals surface area contributed by atoms with Gasteiger partial charge < -0.3 is 5.32 Å². The van der Waals surface area contributed by atoms with E-state index in [0.29, 0.717) is 12.2 Å². The van der Waals surface area contributed by atoms with Gasteiger partial charge in [-0.05, 0) is 24.8 Å². The molecule has 3 rings (SSSR count). The largest absolute Gasteiger partial charge is 0.335 e. The first-order valence-corrected chi connectivity index (χ1v) is 7.50. The number of nitrogens with one attached hydrogen (secondary N) is 1. The van der Waals surface area contributed by atoms with Crippen LogP contribution in [0.5, 0.6) is 0 Å². The van der Waals surface area contributed by atoms with E-state index in [4.69, 9.17) is 0 Å². The maximum absolute atomic E-state index is 12.4. The van der Waals surface area contributed by atoms with Crippen molar-refractivity contribution in [1.82, 2.24) is 5.32 Å². The molecule has 0 saturated heterocycles. The number of nitrogens with zero attached hydrogens (tertiary/aromatic N) is 2. The summed E-state index contributed by atoms with van der Waals surface area (Å²) < 4.78 is 0. The monoisotopic (exact) mass is 289 g/mol. The number of carbonyl (C=O) groups is 1. The van der Waals surface area contributed by atoms with Crippen LogP contribution in [-0.2, 0) is 6.42 Å². The van der Waals surface area contributed by atoms with E-state index >= 15 is 0 Å². The first-order chi connectivity index (χ1) is 10.1. The fraction of sp³-hybridized carbons (Fsp3) is 0.533. The smallest absolute Gasteiger partial charge is 0.322 e. The van der Waals surface area contributed by atoms with Crippen LogP contribution >= 0.6 is 0 Å². The third-order valence-electron chi connectivity index (χ3n) is 4.35. The molecule has 0 spiro atoms. The second kappa shape index (κ2) is 5.71. The zero-order valence-electron chi connectivity index (χ0n) is 11.9. The van der Waals surface area contributed by atoms with E-state index < -0.39 is 4.92 Å². The topological polar surface area (TPSA) is 75.5 Å². The minimum atomic E-state index is -0.421. The van der Waals surface area contributed by atoms with Crippen molar-refractivity contribution in [3.05, 3.63) is 33.9 Å². The van der Waals surface area contributed by atoms with Crippen molar-refractivity contribution < 1.29 is 9.72 Å². The van der Waals surface area contributed by atoms with Crippen molar-refractivity contribution in [2.75, 3.05) is 11.4 Å². The Hall–Kier alpha value is -2.11. The Labute approximate surface area is 123 Å². The molecular formula is C15H19N3O3. The molecule has 1 aliphatic heterocycles. The number of rotatable bonds is 2. The van der Waals surface area contributed by atoms with Crippen LogP contribution in [0.25, 0.3) is 0 Å². The Kier molecular flexibility index (Phi) is 3.77. The lowest BCUT2D eigenvalue weighted by Gasteiger charge is -2.26. The van der Waals surface area contributed by atoms with Gasteiger partial charge in [0.1, 0.15) is 0 Å². The summed E-state index contributed by atoms with van der Waals surface area (Å²) >= 11 is 0. The van der Waals surface area contributed by atoms with E-state index in [2.05, 4.69) is 5.32 Å². The van der Waals surface area contributed by atoms with Crippen LogP contribution in [0.3, 0.4) is 0 Å². The Morgan fingerprint density at radius 3 is 2.76 bits per heavy atom. The molecule has 1 saturated carbocycles. The van der Waals surface area contributed by atoms with Gasteiger partial charge in [-0.25, -0.2) is 4.79 Å². The number of hydrogen-bond acceptors (Lipinski definition) is 3. The average molecular weight is 289 g/mol. The van der Waals surface area contributed by atoms with Gasteiger partial charge >= 0.3 is 6.03 Å². The van der Waals surface area contributed by atoms with Gasteiger partial charge in [-0.1, -0.05) is 25.3 Å². The Bertz CT molecular complexity index is 567. The molecule has 1 heterocycles. The van der Waals surface area contributed by atoms with Crippen molar-refractivity contribution in [2.24, 2.45) is 0 Å². The molecule has 1 aliphatic carbocycles. The highest BCUT2D eigenvalue weighted by molar-refractivity contribution is 5.94. The Morgan fingerprint density at radius 2 is 2.05 bits per heavy atom. The van der Waals surface area contributed by atoms with Crippen LogP contribution in [-0.4, -0.2) is 23.5 Å². The summed E-state index contributed by atoms with van der Waals surface area (Å²) in [5.41, 5.74) is 1.71. The summed E-state index contributed by atoms with van der Waals surface area (Å²) in [5, 5.41) is 13.9. The van der Waals surface area contributed by atoms with Gasteiger partial charge in [0.2, 0.25) is 0 Å². The predicted octanol–water partition coefficient (Wildman–Crippen LogP) is 3.00. The highest BCUT2D eigenvalue weighted by Crippen LogP contribution is 2.32. The fourth-order valence-corrected chi connectivity index (χ4v) is 3.19. The number of non-ortho nitro benzene ring substituents is 1. The number of carbonyl (C=O) groups excluding carboxylic acids is 1. The first kappa shape index (κ1) is 13.9. The molecule has 6 nitrogen and oxygen atoms in total. The molecule has 1 N–H and O–H groups in total. The third kappa shape index (κ3) is 2.84. The minimum Gasteiger partial charge on any atom is -0.335 e. The number of amides is 2. The fourth-order valence-electron chi connectivity index (χ4n) is 3.19. The van der Waals surface area contributed by atoms with E-state index in [1.54, 1.807) is 11.0 Å². The number of anilines is 1. The molecule has 112 valence electrons. The second-order valence-corrected chi connectivity index (χ2v) is 5.76. The molecule has 0 bridgehead atoms. The zero-order valence-corrected chi connectivity index (χ0v) is 11.9. The summed E-state index contributed by atoms with van der Waals surface area (Å²) in [5.74, 6) is 0. The van der Waals surface area contributed by atoms with Gasteiger partial charge in [-0.3, -0.25) is 15.0 Å². The van der Waals surface area contributed by atoms with Crippen molar-refractivity contribution >= 4 is 17.4 Å². The summed E-state index contributed by atoms with van der Waals surface area (Å²) in [6.45, 7) is 0.592. The van der Waals surface area contributed by atoms with E-state index in [1.165, 1.54) is 18.6 Å². The Balaban J connectivity index is 1.74. The lowest BCUT2D eigenvalue weighted by molar-refractivity contribution is -0.384. The van der Waals surface area contributed by atoms with Crippen molar-refractivity contribution in [3.63, 3.8) is 0 Å². The van der Waals surface area contributed by atoms with Crippen LogP contribution in [0.15, 0.2) is 18.2 Å². The lowest BCUT2D eigenvalue weighted by atomic mass is 9.96. The molecule has 2 amide bonds. The number of urea groups is 1. The first-order valence-electron chi connectivity index (χ1n) is 7.50. The van der Waals surface area contributed by atoms with E-state index in [1.807, 2.05) is 0 Å². The number of nitro groups is 1. The van der Waals surface area contributed by atoms with Gasteiger partial charge in [-0.15, -0.1) is 0 Å². The molecule has 1 fully saturated rings. The minimum absolute atomic E-state index is 0.0334. The maximum atomic E-state index is 12.4. The van der Waals surface area contributed by atoms with Gasteiger partial charge in [0.25, 0.3) is 5.69 Å². The van der Waals surface area contributed by atoms with Crippen LogP contribution < -0.4 is 10.2 Å². The molecule has 0 unspecified atom stereocenters. The molecule has 0 atom stereocenters.